The van der Waals surface area contributed by atoms with Crippen molar-refractivity contribution in [1.82, 2.24) is 15.5 Å². The lowest BCUT2D eigenvalue weighted by atomic mass is 9.84. The maximum Gasteiger partial charge on any atom is 0.325 e. The Kier molecular flexibility index (Phi) is 6.35. The number of para-hydroxylation sites is 2. The lowest BCUT2D eigenvalue weighted by Gasteiger charge is -2.33. The third kappa shape index (κ3) is 4.51. The third-order valence-corrected chi connectivity index (χ3v) is 6.65. The van der Waals surface area contributed by atoms with Gasteiger partial charge in [0.1, 0.15) is 12.3 Å². The lowest BCUT2D eigenvalue weighted by Crippen LogP contribution is -2.48. The van der Waals surface area contributed by atoms with Gasteiger partial charge in [0.2, 0.25) is 5.91 Å². The molecule has 3 aromatic carbocycles. The van der Waals surface area contributed by atoms with Crippen molar-refractivity contribution in [2.45, 2.75) is 24.9 Å². The number of hydrogen-bond acceptors (Lipinski definition) is 5. The predicted molar refractivity (Wildman–Crippen MR) is 136 cm³/mol. The molecular formula is C28H26N4O5. The number of fused-ring (bicyclic) bond motifs is 2. The second-order valence-electron chi connectivity index (χ2n) is 9.02. The van der Waals surface area contributed by atoms with Crippen LogP contribution in [0.4, 0.5) is 10.5 Å². The molecule has 1 fully saturated rings. The molecule has 0 bridgehead atoms. The highest BCUT2D eigenvalue weighted by Gasteiger charge is 2.55. The smallest absolute Gasteiger partial charge is 0.325 e. The molecule has 2 unspecified atom stereocenters. The Morgan fingerprint density at radius 2 is 1.70 bits per heavy atom. The third-order valence-electron chi connectivity index (χ3n) is 6.65. The molecule has 5 amide bonds. The van der Waals surface area contributed by atoms with Crippen molar-refractivity contribution in [3.63, 3.8) is 0 Å². The fourth-order valence-electron chi connectivity index (χ4n) is 4.74. The standard InChI is InChI=1S/C28H26N4O5/c1-18(19-9-3-2-4-10-19)29-25(34)20-11-5-7-13-22(20)30-24(33)17-32-26(35)28(31-27(32)36)15-16-37-23-14-8-6-12-21(23)28/h2-14,18H,15-17H2,1H3,(H,29,34)(H,30,33)(H,31,36). The first-order valence-corrected chi connectivity index (χ1v) is 12.0. The van der Waals surface area contributed by atoms with Gasteiger partial charge in [0.15, 0.2) is 5.54 Å². The molecule has 2 aliphatic heterocycles. The van der Waals surface area contributed by atoms with E-state index in [4.69, 9.17) is 4.74 Å². The second-order valence-corrected chi connectivity index (χ2v) is 9.02. The van der Waals surface area contributed by atoms with E-state index in [0.717, 1.165) is 10.5 Å². The van der Waals surface area contributed by atoms with E-state index in [1.807, 2.05) is 37.3 Å². The van der Waals surface area contributed by atoms with Crippen LogP contribution in [0.1, 0.15) is 40.9 Å². The monoisotopic (exact) mass is 498 g/mol. The minimum absolute atomic E-state index is 0.248. The zero-order valence-corrected chi connectivity index (χ0v) is 20.2. The molecule has 2 heterocycles. The average Bonchev–Trinajstić information content (AvgIpc) is 3.14. The number of nitrogens with one attached hydrogen (secondary N) is 3. The fourth-order valence-corrected chi connectivity index (χ4v) is 4.74. The summed E-state index contributed by atoms with van der Waals surface area (Å²) >= 11 is 0. The number of urea groups is 1. The predicted octanol–water partition coefficient (Wildman–Crippen LogP) is 3.35. The minimum atomic E-state index is -1.27. The van der Waals surface area contributed by atoms with Gasteiger partial charge in [0.25, 0.3) is 11.8 Å². The maximum absolute atomic E-state index is 13.4. The van der Waals surface area contributed by atoms with Crippen LogP contribution in [0.5, 0.6) is 5.75 Å². The average molecular weight is 499 g/mol. The summed E-state index contributed by atoms with van der Waals surface area (Å²) in [7, 11) is 0. The van der Waals surface area contributed by atoms with E-state index in [1.165, 1.54) is 0 Å². The first-order chi connectivity index (χ1) is 17.9. The topological polar surface area (TPSA) is 117 Å². The van der Waals surface area contributed by atoms with Gasteiger partial charge in [0.05, 0.1) is 23.9 Å². The van der Waals surface area contributed by atoms with Crippen molar-refractivity contribution in [1.29, 1.82) is 0 Å². The van der Waals surface area contributed by atoms with Crippen molar-refractivity contribution in [3.05, 3.63) is 95.6 Å². The Bertz CT molecular complexity index is 1380. The van der Waals surface area contributed by atoms with Crippen LogP contribution in [0.25, 0.3) is 0 Å². The van der Waals surface area contributed by atoms with Crippen molar-refractivity contribution in [2.75, 3.05) is 18.5 Å². The Hall–Kier alpha value is -4.66. The summed E-state index contributed by atoms with van der Waals surface area (Å²) in [5, 5.41) is 8.39. The van der Waals surface area contributed by atoms with E-state index < -0.39 is 29.9 Å². The van der Waals surface area contributed by atoms with E-state index in [1.54, 1.807) is 48.5 Å². The highest BCUT2D eigenvalue weighted by atomic mass is 16.5. The number of imide groups is 1. The Labute approximate surface area is 213 Å². The van der Waals surface area contributed by atoms with Crippen molar-refractivity contribution < 1.29 is 23.9 Å². The number of nitrogens with zero attached hydrogens (tertiary/aromatic N) is 1. The number of hydrogen-bond donors (Lipinski definition) is 3. The van der Waals surface area contributed by atoms with E-state index >= 15 is 0 Å². The van der Waals surface area contributed by atoms with Crippen molar-refractivity contribution >= 4 is 29.4 Å². The molecule has 0 radical (unpaired) electrons. The highest BCUT2D eigenvalue weighted by molar-refractivity contribution is 6.11. The molecule has 188 valence electrons. The van der Waals surface area contributed by atoms with Crippen LogP contribution in [0, 0.1) is 0 Å². The second kappa shape index (κ2) is 9.77. The molecular weight excluding hydrogens is 472 g/mol. The number of benzene rings is 3. The van der Waals surface area contributed by atoms with Crippen LogP contribution >= 0.6 is 0 Å². The summed E-state index contributed by atoms with van der Waals surface area (Å²) in [4.78, 5) is 53.1. The summed E-state index contributed by atoms with van der Waals surface area (Å²) in [6, 6.07) is 22.2. The minimum Gasteiger partial charge on any atom is -0.493 e. The van der Waals surface area contributed by atoms with E-state index in [9.17, 15) is 19.2 Å². The summed E-state index contributed by atoms with van der Waals surface area (Å²) in [6.45, 7) is 1.63. The van der Waals surface area contributed by atoms with Crippen LogP contribution in [-0.4, -0.2) is 41.8 Å². The number of amides is 5. The largest absolute Gasteiger partial charge is 0.493 e. The first kappa shape index (κ1) is 24.1. The fraction of sp³-hybridized carbons (Fsp3) is 0.214. The summed E-state index contributed by atoms with van der Waals surface area (Å²) in [6.07, 6.45) is 0.259. The first-order valence-electron chi connectivity index (χ1n) is 12.0. The zero-order valence-electron chi connectivity index (χ0n) is 20.2. The molecule has 9 heteroatoms. The van der Waals surface area contributed by atoms with Crippen LogP contribution in [0.15, 0.2) is 78.9 Å². The van der Waals surface area contributed by atoms with Crippen molar-refractivity contribution in [3.8, 4) is 5.75 Å². The van der Waals surface area contributed by atoms with Gasteiger partial charge in [-0.25, -0.2) is 4.79 Å². The number of rotatable bonds is 6. The van der Waals surface area contributed by atoms with Gasteiger partial charge in [-0.3, -0.25) is 19.3 Å². The van der Waals surface area contributed by atoms with Gasteiger partial charge >= 0.3 is 6.03 Å². The Balaban J connectivity index is 1.29. The van der Waals surface area contributed by atoms with Gasteiger partial charge in [-0.2, -0.15) is 0 Å². The highest BCUT2D eigenvalue weighted by Crippen LogP contribution is 2.40. The summed E-state index contributed by atoms with van der Waals surface area (Å²) < 4.78 is 5.64. The van der Waals surface area contributed by atoms with Crippen LogP contribution in [0.3, 0.4) is 0 Å². The Morgan fingerprint density at radius 1 is 1.00 bits per heavy atom. The van der Waals surface area contributed by atoms with E-state index in [2.05, 4.69) is 16.0 Å². The molecule has 0 aromatic heterocycles. The number of anilines is 1. The van der Waals surface area contributed by atoms with Crippen LogP contribution < -0.4 is 20.7 Å². The molecule has 2 aliphatic rings. The van der Waals surface area contributed by atoms with E-state index in [-0.39, 0.29) is 36.2 Å². The summed E-state index contributed by atoms with van der Waals surface area (Å²) in [5.41, 5.74) is 0.795. The van der Waals surface area contributed by atoms with Gasteiger partial charge < -0.3 is 20.7 Å². The molecule has 3 aromatic rings. The molecule has 3 N–H and O–H groups in total. The molecule has 37 heavy (non-hydrogen) atoms. The molecule has 1 spiro atoms. The lowest BCUT2D eigenvalue weighted by molar-refractivity contribution is -0.135. The molecule has 9 nitrogen and oxygen atoms in total. The van der Waals surface area contributed by atoms with Gasteiger partial charge in [-0.05, 0) is 30.7 Å². The van der Waals surface area contributed by atoms with Gasteiger partial charge in [-0.1, -0.05) is 60.7 Å². The number of carbonyl (C=O) groups excluding carboxylic acids is 4. The van der Waals surface area contributed by atoms with E-state index in [0.29, 0.717) is 11.3 Å². The molecule has 2 atom stereocenters. The summed E-state index contributed by atoms with van der Waals surface area (Å²) in [5.74, 6) is -0.943. The molecule has 1 saturated heterocycles. The molecule has 5 rings (SSSR count). The molecule has 0 aliphatic carbocycles. The molecule has 0 saturated carbocycles. The van der Waals surface area contributed by atoms with Gasteiger partial charge in [-0.15, -0.1) is 0 Å². The quantitative estimate of drug-likeness (QED) is 0.451. The normalized spacial score (nSPS) is 19.0. The Morgan fingerprint density at radius 3 is 2.51 bits per heavy atom. The van der Waals surface area contributed by atoms with Crippen LogP contribution in [-0.2, 0) is 15.1 Å². The van der Waals surface area contributed by atoms with Crippen molar-refractivity contribution in [2.24, 2.45) is 0 Å². The number of carbonyl (C=O) groups is 4. The SMILES string of the molecule is CC(NC(=O)c1ccccc1NC(=O)CN1C(=O)NC2(CCOc3ccccc32)C1=O)c1ccccc1. The maximum atomic E-state index is 13.4. The number of ether oxygens (including phenoxy) is 1. The van der Waals surface area contributed by atoms with Crippen LogP contribution in [0.2, 0.25) is 0 Å². The van der Waals surface area contributed by atoms with Gasteiger partial charge in [0, 0.05) is 12.0 Å². The zero-order chi connectivity index (χ0) is 26.0.